The highest BCUT2D eigenvalue weighted by molar-refractivity contribution is 5.80. The van der Waals surface area contributed by atoms with Crippen molar-refractivity contribution in [3.63, 3.8) is 0 Å². The number of pyridine rings is 1. The zero-order valence-corrected chi connectivity index (χ0v) is 79.3. The Morgan fingerprint density at radius 3 is 0.936 bits per heavy atom. The van der Waals surface area contributed by atoms with Crippen LogP contribution in [0, 0.1) is 17.6 Å². The fourth-order valence-electron chi connectivity index (χ4n) is 24.7. The predicted octanol–water partition coefficient (Wildman–Crippen LogP) is 26.6. The van der Waals surface area contributed by atoms with Gasteiger partial charge in [-0.3, -0.25) is 0 Å². The number of fused-ring (bicyclic) bond motifs is 18. The summed E-state index contributed by atoms with van der Waals surface area (Å²) in [5.41, 5.74) is 7.91. The Kier molecular flexibility index (Phi) is 28.0. The molecule has 0 amide bonds. The van der Waals surface area contributed by atoms with Gasteiger partial charge in [0.05, 0.1) is 189 Å². The zero-order valence-electron chi connectivity index (χ0n) is 79.3. The van der Waals surface area contributed by atoms with Crippen molar-refractivity contribution < 1.29 is 83.3 Å². The van der Waals surface area contributed by atoms with E-state index >= 15 is 8.78 Å². The molecule has 12 aromatic rings. The van der Waals surface area contributed by atoms with Crippen LogP contribution in [-0.4, -0.2) is 154 Å². The van der Waals surface area contributed by atoms with Crippen molar-refractivity contribution in [3.05, 3.63) is 217 Å². The molecule has 6 fully saturated rings. The highest BCUT2D eigenvalue weighted by Crippen LogP contribution is 2.57. The zero-order chi connectivity index (χ0) is 97.6. The number of aromatic nitrogens is 13. The highest BCUT2D eigenvalue weighted by Gasteiger charge is 2.48. The van der Waals surface area contributed by atoms with E-state index in [9.17, 15) is 65.0 Å². The minimum atomic E-state index is -2.75. The van der Waals surface area contributed by atoms with Crippen molar-refractivity contribution >= 4 is 0 Å². The van der Waals surface area contributed by atoms with Gasteiger partial charge in [0.1, 0.15) is 74.4 Å². The van der Waals surface area contributed by atoms with E-state index in [4.69, 9.17) is 9.47 Å². The van der Waals surface area contributed by atoms with E-state index in [1.54, 1.807) is 126 Å². The Morgan fingerprint density at radius 1 is 0.314 bits per heavy atom. The lowest BCUT2D eigenvalue weighted by Gasteiger charge is -2.34. The first kappa shape index (κ1) is 97.5. The number of imidazole rings is 6. The number of hydrogen-bond acceptors (Lipinski definition) is 14. The maximum absolute atomic E-state index is 15.0. The molecule has 5 N–H and O–H groups in total. The normalized spacial score (nSPS) is 24.5. The molecular formula is C109H124F11N13O7. The number of rotatable bonds is 20. The summed E-state index contributed by atoms with van der Waals surface area (Å²) >= 11 is 0. The van der Waals surface area contributed by atoms with Gasteiger partial charge >= 0.3 is 0 Å². The molecule has 7 aromatic heterocycles. The molecule has 744 valence electrons. The van der Waals surface area contributed by atoms with Gasteiger partial charge in [0.2, 0.25) is 11.9 Å². The summed E-state index contributed by atoms with van der Waals surface area (Å²) in [5.74, 6) is -1.76. The first-order valence-electron chi connectivity index (χ1n) is 50.3. The second kappa shape index (κ2) is 40.2. The van der Waals surface area contributed by atoms with Crippen LogP contribution in [0.1, 0.15) is 320 Å². The quantitative estimate of drug-likeness (QED) is 0.0352. The van der Waals surface area contributed by atoms with E-state index in [1.165, 1.54) is 18.2 Å². The number of methoxy groups -OCH3 is 2. The van der Waals surface area contributed by atoms with Crippen molar-refractivity contribution in [2.24, 2.45) is 0 Å². The number of aromatic hydroxyl groups is 3. The molecule has 6 saturated carbocycles. The second-order valence-electron chi connectivity index (χ2n) is 41.2. The summed E-state index contributed by atoms with van der Waals surface area (Å²) in [4.78, 5) is 29.0. The summed E-state index contributed by atoms with van der Waals surface area (Å²) in [6, 6.07) is 25.2. The predicted molar refractivity (Wildman–Crippen MR) is 511 cm³/mol. The van der Waals surface area contributed by atoms with Crippen LogP contribution < -0.4 is 9.47 Å². The Labute approximate surface area is 808 Å². The minimum Gasteiger partial charge on any atom is -0.507 e. The maximum Gasteiger partial charge on any atom is 0.248 e. The third-order valence-corrected chi connectivity index (χ3v) is 32.5. The van der Waals surface area contributed by atoms with Gasteiger partial charge in [0.25, 0.3) is 0 Å². The van der Waals surface area contributed by atoms with Gasteiger partial charge in [0, 0.05) is 46.2 Å². The highest BCUT2D eigenvalue weighted by atomic mass is 19.3. The van der Waals surface area contributed by atoms with Crippen LogP contribution in [0.3, 0.4) is 0 Å². The third kappa shape index (κ3) is 19.8. The van der Waals surface area contributed by atoms with E-state index in [1.807, 2.05) is 59.2 Å². The monoisotopic (exact) mass is 1940 g/mol. The van der Waals surface area contributed by atoms with Crippen LogP contribution in [0.15, 0.2) is 166 Å². The van der Waals surface area contributed by atoms with Gasteiger partial charge in [-0.1, -0.05) is 94.2 Å². The van der Waals surface area contributed by atoms with E-state index < -0.39 is 58.7 Å². The molecule has 6 unspecified atom stereocenters. The molecule has 5 aromatic carbocycles. The van der Waals surface area contributed by atoms with Crippen LogP contribution in [0.2, 0.25) is 0 Å². The number of hydrogen-bond donors (Lipinski definition) is 5. The number of halogens is 11. The molecule has 0 bridgehead atoms. The maximum atomic E-state index is 15.0. The molecule has 0 radical (unpaired) electrons. The Hall–Kier alpha value is -11.3. The average molecular weight is 1940 g/mol. The first-order chi connectivity index (χ1) is 67.5. The molecule has 12 aliphatic rings. The molecule has 6 aliphatic heterocycles. The SMILES string of the molecule is COc1ccc(F)c2c1-c1cncn1C2CCC1(F)CCCCC1.COc1ccc(F)c2c1-c1cncn1C2CCC1(F)CCCCC1.Fc1ccc2c(n1)C(CCC1(F)CCC(F)(F)CC1)n1cncc1-2.Oc1cccc2c1-c1cncn1C2CCC1(F)CCC(O)CC1.Oc1cccc2c1-c1cncn1C2CCC1(F)CCC(O)CC1.Oc1cccc2c1-c1cncn1C2CCC1(F)CCCCC1. The fraction of sp³-hybridized carbons (Fsp3) is 0.514. The topological polar surface area (TPSA) is 239 Å². The lowest BCUT2D eigenvalue weighted by Crippen LogP contribution is -2.35. The summed E-state index contributed by atoms with van der Waals surface area (Å²) < 4.78 is 182. The number of phenols is 3. The smallest absolute Gasteiger partial charge is 0.248 e. The average Bonchev–Trinajstić information content (AvgIpc) is 1.56. The van der Waals surface area contributed by atoms with Gasteiger partial charge in [-0.15, -0.1) is 0 Å². The van der Waals surface area contributed by atoms with Gasteiger partial charge < -0.3 is 62.4 Å². The number of aliphatic hydroxyl groups is 2. The van der Waals surface area contributed by atoms with E-state index in [0.29, 0.717) is 182 Å². The standard InChI is InChI=1S/2C19H22F2N2O.2C18H21FN2O2.C18H21FN2O.C17H17F4N3/c2*1-24-16-6-5-13(20)17-14(23-12-22-11-15(23)18(16)17)7-10-19(21)8-3-2-4-9-19;2*19-18(7-4-12(22)5-8-18)9-6-14-13-2-1-3-16(23)17(13)15-10-20-11-21(14)15;19-18(8-2-1-3-9-18)10-7-14-13-5-4-6-16(22)17(13)15-11-20-12-21(14)15;18-14-2-1-11-13-9-22-10-24(13)12(15(11)23-14)3-4-16(19)5-7-17(20,21)8-6-16/h2*5-6,11-12,14H,2-4,7-10H2,1H3;2*1-3,10-12,14,22-23H,4-9H2;4-6,11-12,14,22H,1-3,7-10H2;1-2,9-10,12H,3-8H2. The Balaban J connectivity index is 0.000000107. The lowest BCUT2D eigenvalue weighted by molar-refractivity contribution is -0.0782. The van der Waals surface area contributed by atoms with Crippen molar-refractivity contribution in [2.75, 3.05) is 14.2 Å². The van der Waals surface area contributed by atoms with Crippen LogP contribution in [0.25, 0.3) is 67.5 Å². The first-order valence-corrected chi connectivity index (χ1v) is 50.3. The van der Waals surface area contributed by atoms with Crippen molar-refractivity contribution in [2.45, 2.75) is 339 Å². The van der Waals surface area contributed by atoms with Crippen LogP contribution in [0.5, 0.6) is 28.7 Å². The summed E-state index contributed by atoms with van der Waals surface area (Å²) in [6.45, 7) is 0. The fourth-order valence-corrected chi connectivity index (χ4v) is 24.7. The summed E-state index contributed by atoms with van der Waals surface area (Å²) in [5, 5.41) is 49.7. The van der Waals surface area contributed by atoms with Gasteiger partial charge in [-0.05, 0) is 251 Å². The molecule has 6 atom stereocenters. The lowest BCUT2D eigenvalue weighted by atomic mass is 9.80. The number of phenolic OH excluding ortho intramolecular Hbond substituents is 3. The van der Waals surface area contributed by atoms with E-state index in [-0.39, 0.29) is 96.6 Å². The molecule has 24 rings (SSSR count). The van der Waals surface area contributed by atoms with Crippen LogP contribution in [0.4, 0.5) is 48.3 Å². The van der Waals surface area contributed by atoms with Crippen molar-refractivity contribution in [3.8, 4) is 96.3 Å². The number of aliphatic hydroxyl groups excluding tert-OH is 2. The molecule has 6 aliphatic carbocycles. The molecular weight excluding hydrogens is 1810 g/mol. The van der Waals surface area contributed by atoms with Crippen molar-refractivity contribution in [1.82, 2.24) is 62.3 Å². The molecule has 140 heavy (non-hydrogen) atoms. The molecule has 0 saturated heterocycles. The molecule has 13 heterocycles. The largest absolute Gasteiger partial charge is 0.507 e. The van der Waals surface area contributed by atoms with E-state index in [2.05, 4.69) is 39.5 Å². The Morgan fingerprint density at radius 2 is 0.600 bits per heavy atom. The van der Waals surface area contributed by atoms with Crippen LogP contribution >= 0.6 is 0 Å². The van der Waals surface area contributed by atoms with Gasteiger partial charge in [-0.2, -0.15) is 4.39 Å². The van der Waals surface area contributed by atoms with Crippen LogP contribution in [-0.2, 0) is 0 Å². The van der Waals surface area contributed by atoms with E-state index in [0.717, 1.165) is 148 Å². The minimum absolute atomic E-state index is 0.0223. The molecule has 20 nitrogen and oxygen atoms in total. The van der Waals surface area contributed by atoms with Gasteiger partial charge in [-0.25, -0.2) is 78.8 Å². The third-order valence-electron chi connectivity index (χ3n) is 32.5. The summed E-state index contributed by atoms with van der Waals surface area (Å²) in [7, 11) is 3.17. The number of nitrogens with zero attached hydrogens (tertiary/aromatic N) is 13. The number of ether oxygens (including phenoxy) is 2. The number of alkyl halides is 8. The number of benzene rings is 5. The summed E-state index contributed by atoms with van der Waals surface area (Å²) in [6.07, 6.45) is 42.4. The van der Waals surface area contributed by atoms with Gasteiger partial charge in [0.15, 0.2) is 0 Å². The second-order valence-corrected chi connectivity index (χ2v) is 41.2. The molecule has 0 spiro atoms. The Bertz CT molecular complexity index is 6090. The molecule has 31 heteroatoms. The van der Waals surface area contributed by atoms with Crippen molar-refractivity contribution in [1.29, 1.82) is 0 Å².